The van der Waals surface area contributed by atoms with E-state index in [0.717, 1.165) is 46.5 Å². The summed E-state index contributed by atoms with van der Waals surface area (Å²) in [6.45, 7) is 2.20. The Balaban J connectivity index is 1.63. The predicted octanol–water partition coefficient (Wildman–Crippen LogP) is 9.35. The fraction of sp³-hybridized carbons (Fsp3) is 0.286. The molecule has 4 rings (SSSR count). The SMILES string of the molecule is CCCCCCCc1ccc2c(ccc3cc(-c4ccc(OC(F)(F)F)c(F)c4)c(F)cc32)c1. The summed E-state index contributed by atoms with van der Waals surface area (Å²) in [5.41, 5.74) is 1.48. The van der Waals surface area contributed by atoms with Crippen molar-refractivity contribution in [3.05, 3.63) is 77.9 Å². The molecule has 0 fully saturated rings. The molecule has 0 amide bonds. The number of fused-ring (bicyclic) bond motifs is 3. The molecule has 0 N–H and O–H groups in total. The monoisotopic (exact) mass is 472 g/mol. The van der Waals surface area contributed by atoms with Crippen LogP contribution in [0.1, 0.15) is 44.6 Å². The lowest BCUT2D eigenvalue weighted by molar-refractivity contribution is -0.275. The van der Waals surface area contributed by atoms with Gasteiger partial charge < -0.3 is 4.74 Å². The van der Waals surface area contributed by atoms with E-state index in [4.69, 9.17) is 0 Å². The molecule has 4 aromatic rings. The van der Waals surface area contributed by atoms with Gasteiger partial charge in [-0.05, 0) is 69.8 Å². The van der Waals surface area contributed by atoms with Gasteiger partial charge in [0.2, 0.25) is 0 Å². The minimum atomic E-state index is -5.01. The number of alkyl halides is 3. The molecule has 0 unspecified atom stereocenters. The fourth-order valence-corrected chi connectivity index (χ4v) is 4.32. The summed E-state index contributed by atoms with van der Waals surface area (Å²) in [7, 11) is 0. The number of aryl methyl sites for hydroxylation is 1. The molecule has 1 nitrogen and oxygen atoms in total. The first-order valence-corrected chi connectivity index (χ1v) is 11.5. The van der Waals surface area contributed by atoms with Gasteiger partial charge in [-0.1, -0.05) is 69.0 Å². The van der Waals surface area contributed by atoms with Crippen molar-refractivity contribution >= 4 is 21.5 Å². The quantitative estimate of drug-likeness (QED) is 0.141. The maximum absolute atomic E-state index is 15.1. The summed E-state index contributed by atoms with van der Waals surface area (Å²) in [6.07, 6.45) is 2.07. The Hall–Kier alpha value is -3.15. The van der Waals surface area contributed by atoms with Crippen LogP contribution < -0.4 is 4.74 Å². The molecule has 178 valence electrons. The van der Waals surface area contributed by atoms with Crippen molar-refractivity contribution in [2.24, 2.45) is 0 Å². The highest BCUT2D eigenvalue weighted by Crippen LogP contribution is 2.35. The van der Waals surface area contributed by atoms with Gasteiger partial charge >= 0.3 is 6.36 Å². The number of halogens is 5. The van der Waals surface area contributed by atoms with Crippen LogP contribution in [0, 0.1) is 11.6 Å². The van der Waals surface area contributed by atoms with Crippen molar-refractivity contribution in [2.45, 2.75) is 51.8 Å². The molecule has 0 aliphatic carbocycles. The number of benzene rings is 4. The summed E-state index contributed by atoms with van der Waals surface area (Å²) in [5, 5.41) is 3.42. The summed E-state index contributed by atoms with van der Waals surface area (Å²) >= 11 is 0. The highest BCUT2D eigenvalue weighted by molar-refractivity contribution is 6.08. The van der Waals surface area contributed by atoms with Crippen molar-refractivity contribution < 1.29 is 26.7 Å². The maximum Gasteiger partial charge on any atom is 0.573 e. The third kappa shape index (κ3) is 5.49. The van der Waals surface area contributed by atoms with Crippen molar-refractivity contribution in [2.75, 3.05) is 0 Å². The molecule has 0 aliphatic heterocycles. The molecule has 0 atom stereocenters. The molecule has 0 radical (unpaired) electrons. The van der Waals surface area contributed by atoms with Crippen LogP contribution in [0.2, 0.25) is 0 Å². The van der Waals surface area contributed by atoms with E-state index in [-0.39, 0.29) is 11.1 Å². The van der Waals surface area contributed by atoms with Crippen LogP contribution in [0.3, 0.4) is 0 Å². The molecular formula is C28H25F5O. The summed E-state index contributed by atoms with van der Waals surface area (Å²) in [5.74, 6) is -2.75. The van der Waals surface area contributed by atoms with Crippen molar-refractivity contribution in [3.8, 4) is 16.9 Å². The first kappa shape index (κ1) is 24.0. The van der Waals surface area contributed by atoms with Gasteiger partial charge in [-0.15, -0.1) is 13.2 Å². The molecule has 0 bridgehead atoms. The topological polar surface area (TPSA) is 9.23 Å². The Morgan fingerprint density at radius 1 is 0.706 bits per heavy atom. The van der Waals surface area contributed by atoms with Gasteiger partial charge in [-0.3, -0.25) is 0 Å². The number of hydrogen-bond acceptors (Lipinski definition) is 1. The van der Waals surface area contributed by atoms with E-state index in [0.29, 0.717) is 0 Å². The standard InChI is InChI=1S/C28H25F5O/c1-2-3-4-5-6-7-18-8-12-22-19(14-18)9-10-20-15-24(25(29)17-23(20)22)21-11-13-27(26(30)16-21)34-28(31,32)33/h8-17H,2-7H2,1H3. The van der Waals surface area contributed by atoms with Crippen LogP contribution >= 0.6 is 0 Å². The highest BCUT2D eigenvalue weighted by atomic mass is 19.4. The van der Waals surface area contributed by atoms with E-state index in [1.165, 1.54) is 43.4 Å². The minimum Gasteiger partial charge on any atom is -0.403 e. The van der Waals surface area contributed by atoms with Gasteiger partial charge in [0.15, 0.2) is 11.6 Å². The average Bonchev–Trinajstić information content (AvgIpc) is 2.79. The third-order valence-corrected chi connectivity index (χ3v) is 6.03. The van der Waals surface area contributed by atoms with E-state index >= 15 is 4.39 Å². The summed E-state index contributed by atoms with van der Waals surface area (Å²) < 4.78 is 70.0. The van der Waals surface area contributed by atoms with E-state index in [1.54, 1.807) is 6.07 Å². The van der Waals surface area contributed by atoms with E-state index in [9.17, 15) is 17.6 Å². The second kappa shape index (κ2) is 10.00. The third-order valence-electron chi connectivity index (χ3n) is 6.03. The molecule has 0 spiro atoms. The van der Waals surface area contributed by atoms with Crippen molar-refractivity contribution in [3.63, 3.8) is 0 Å². The predicted molar refractivity (Wildman–Crippen MR) is 126 cm³/mol. The van der Waals surface area contributed by atoms with Gasteiger partial charge in [-0.2, -0.15) is 0 Å². The molecule has 34 heavy (non-hydrogen) atoms. The largest absolute Gasteiger partial charge is 0.573 e. The number of unbranched alkanes of at least 4 members (excludes halogenated alkanes) is 4. The van der Waals surface area contributed by atoms with E-state index in [2.05, 4.69) is 23.8 Å². The van der Waals surface area contributed by atoms with Crippen LogP contribution in [0.5, 0.6) is 5.75 Å². The van der Waals surface area contributed by atoms with Crippen LogP contribution in [0.4, 0.5) is 22.0 Å². The smallest absolute Gasteiger partial charge is 0.403 e. The average molecular weight is 472 g/mol. The molecular weight excluding hydrogens is 447 g/mol. The molecule has 0 aromatic heterocycles. The van der Waals surface area contributed by atoms with Crippen LogP contribution in [0.15, 0.2) is 60.7 Å². The molecule has 0 heterocycles. The van der Waals surface area contributed by atoms with Crippen molar-refractivity contribution in [1.82, 2.24) is 0 Å². The molecule has 0 aliphatic rings. The van der Waals surface area contributed by atoms with Gasteiger partial charge in [0, 0.05) is 5.56 Å². The Kier molecular flexibility index (Phi) is 7.05. The zero-order valence-electron chi connectivity index (χ0n) is 18.8. The Morgan fingerprint density at radius 3 is 2.15 bits per heavy atom. The zero-order chi connectivity index (χ0) is 24.3. The lowest BCUT2D eigenvalue weighted by atomic mass is 9.95. The minimum absolute atomic E-state index is 0.105. The lowest BCUT2D eigenvalue weighted by Gasteiger charge is -2.12. The van der Waals surface area contributed by atoms with Crippen LogP contribution in [0.25, 0.3) is 32.7 Å². The Labute approximate surface area is 195 Å². The molecule has 6 heteroatoms. The Morgan fingerprint density at radius 2 is 1.44 bits per heavy atom. The number of hydrogen-bond donors (Lipinski definition) is 0. The molecule has 4 aromatic carbocycles. The summed E-state index contributed by atoms with van der Waals surface area (Å²) in [6, 6.07) is 16.0. The number of ether oxygens (including phenoxy) is 1. The highest BCUT2D eigenvalue weighted by Gasteiger charge is 2.32. The van der Waals surface area contributed by atoms with Crippen LogP contribution in [-0.2, 0) is 6.42 Å². The van der Waals surface area contributed by atoms with Gasteiger partial charge in [-0.25, -0.2) is 8.78 Å². The summed E-state index contributed by atoms with van der Waals surface area (Å²) in [4.78, 5) is 0. The van der Waals surface area contributed by atoms with Gasteiger partial charge in [0.05, 0.1) is 0 Å². The first-order chi connectivity index (χ1) is 16.2. The molecule has 0 saturated heterocycles. The fourth-order valence-electron chi connectivity index (χ4n) is 4.32. The van der Waals surface area contributed by atoms with Crippen molar-refractivity contribution in [1.29, 1.82) is 0 Å². The normalized spacial score (nSPS) is 11.9. The number of rotatable bonds is 8. The second-order valence-corrected chi connectivity index (χ2v) is 8.53. The van der Waals surface area contributed by atoms with E-state index in [1.807, 2.05) is 18.2 Å². The molecule has 0 saturated carbocycles. The maximum atomic E-state index is 15.1. The lowest BCUT2D eigenvalue weighted by Crippen LogP contribution is -2.17. The Bertz CT molecular complexity index is 1310. The van der Waals surface area contributed by atoms with Crippen LogP contribution in [-0.4, -0.2) is 6.36 Å². The van der Waals surface area contributed by atoms with Gasteiger partial charge in [0.1, 0.15) is 5.82 Å². The van der Waals surface area contributed by atoms with Gasteiger partial charge in [0.25, 0.3) is 0 Å². The zero-order valence-corrected chi connectivity index (χ0v) is 18.8. The van der Waals surface area contributed by atoms with E-state index < -0.39 is 23.7 Å². The first-order valence-electron chi connectivity index (χ1n) is 11.5. The second-order valence-electron chi connectivity index (χ2n) is 8.53.